The smallest absolute Gasteiger partial charge is 0.381 e. The Morgan fingerprint density at radius 3 is 2.87 bits per heavy atom. The number of anilines is 1. The first kappa shape index (κ1) is 16.9. The highest BCUT2D eigenvalue weighted by Crippen LogP contribution is 2.32. The molecule has 1 aromatic heterocycles. The van der Waals surface area contributed by atoms with E-state index in [0.29, 0.717) is 21.2 Å². The molecule has 2 atom stereocenters. The highest BCUT2D eigenvalue weighted by atomic mass is 127. The number of aromatic nitrogens is 1. The SMILES string of the molecule is CC1CNCCC1Nc1cccc2c1cc(I)n2CC(F)(F)F. The average molecular weight is 437 g/mol. The fourth-order valence-electron chi connectivity index (χ4n) is 3.15. The van der Waals surface area contributed by atoms with Crippen LogP contribution in [0.2, 0.25) is 0 Å². The van der Waals surface area contributed by atoms with Crippen molar-refractivity contribution in [1.82, 2.24) is 9.88 Å². The van der Waals surface area contributed by atoms with Gasteiger partial charge in [-0.1, -0.05) is 13.0 Å². The van der Waals surface area contributed by atoms with E-state index >= 15 is 0 Å². The Morgan fingerprint density at radius 2 is 2.17 bits per heavy atom. The van der Waals surface area contributed by atoms with Crippen LogP contribution in [-0.2, 0) is 6.54 Å². The highest BCUT2D eigenvalue weighted by Gasteiger charge is 2.30. The maximum atomic E-state index is 12.8. The average Bonchev–Trinajstić information content (AvgIpc) is 2.77. The number of hydrogen-bond donors (Lipinski definition) is 2. The van der Waals surface area contributed by atoms with Crippen molar-refractivity contribution >= 4 is 39.2 Å². The van der Waals surface area contributed by atoms with Crippen molar-refractivity contribution in [3.8, 4) is 0 Å². The lowest BCUT2D eigenvalue weighted by atomic mass is 9.95. The van der Waals surface area contributed by atoms with Gasteiger partial charge >= 0.3 is 6.18 Å². The number of nitrogens with one attached hydrogen (secondary N) is 2. The fourth-order valence-corrected chi connectivity index (χ4v) is 3.89. The van der Waals surface area contributed by atoms with E-state index in [1.54, 1.807) is 6.07 Å². The van der Waals surface area contributed by atoms with Gasteiger partial charge in [0.15, 0.2) is 0 Å². The molecule has 1 saturated heterocycles. The maximum absolute atomic E-state index is 12.8. The van der Waals surface area contributed by atoms with Crippen molar-refractivity contribution in [3.63, 3.8) is 0 Å². The molecule has 0 aliphatic carbocycles. The van der Waals surface area contributed by atoms with Crippen LogP contribution in [0.4, 0.5) is 18.9 Å². The van der Waals surface area contributed by atoms with Gasteiger partial charge in [-0.25, -0.2) is 0 Å². The molecule has 2 unspecified atom stereocenters. The monoisotopic (exact) mass is 437 g/mol. The number of fused-ring (bicyclic) bond motifs is 1. The summed E-state index contributed by atoms with van der Waals surface area (Å²) in [7, 11) is 0. The maximum Gasteiger partial charge on any atom is 0.406 e. The molecular weight excluding hydrogens is 418 g/mol. The fraction of sp³-hybridized carbons (Fsp3) is 0.500. The van der Waals surface area contributed by atoms with Crippen molar-refractivity contribution in [3.05, 3.63) is 28.0 Å². The van der Waals surface area contributed by atoms with E-state index in [9.17, 15) is 13.2 Å². The molecule has 3 nitrogen and oxygen atoms in total. The van der Waals surface area contributed by atoms with E-state index in [-0.39, 0.29) is 0 Å². The summed E-state index contributed by atoms with van der Waals surface area (Å²) in [6.07, 6.45) is -3.21. The first-order valence-electron chi connectivity index (χ1n) is 7.67. The normalized spacial score (nSPS) is 22.5. The van der Waals surface area contributed by atoms with Crippen molar-refractivity contribution < 1.29 is 13.2 Å². The van der Waals surface area contributed by atoms with Gasteiger partial charge in [-0.3, -0.25) is 0 Å². The zero-order valence-corrected chi connectivity index (χ0v) is 14.9. The summed E-state index contributed by atoms with van der Waals surface area (Å²) in [5.41, 5.74) is 1.54. The van der Waals surface area contributed by atoms with Crippen LogP contribution in [0.15, 0.2) is 24.3 Å². The largest absolute Gasteiger partial charge is 0.406 e. The van der Waals surface area contributed by atoms with Crippen molar-refractivity contribution in [1.29, 1.82) is 0 Å². The molecule has 2 N–H and O–H groups in total. The zero-order chi connectivity index (χ0) is 16.6. The predicted octanol–water partition coefficient (Wildman–Crippen LogP) is 4.22. The van der Waals surface area contributed by atoms with Crippen LogP contribution in [0, 0.1) is 9.62 Å². The van der Waals surface area contributed by atoms with E-state index in [0.717, 1.165) is 30.6 Å². The number of halogens is 4. The molecule has 7 heteroatoms. The topological polar surface area (TPSA) is 29.0 Å². The lowest BCUT2D eigenvalue weighted by Gasteiger charge is -2.31. The van der Waals surface area contributed by atoms with Crippen LogP contribution >= 0.6 is 22.6 Å². The third kappa shape index (κ3) is 3.76. The summed E-state index contributed by atoms with van der Waals surface area (Å²) in [5.74, 6) is 0.482. The molecule has 1 aliphatic heterocycles. The van der Waals surface area contributed by atoms with Crippen molar-refractivity contribution in [2.75, 3.05) is 18.4 Å². The summed E-state index contributed by atoms with van der Waals surface area (Å²) in [5, 5.41) is 7.75. The van der Waals surface area contributed by atoms with Gasteiger partial charge in [-0.2, -0.15) is 13.2 Å². The van der Waals surface area contributed by atoms with Crippen LogP contribution in [0.5, 0.6) is 0 Å². The zero-order valence-electron chi connectivity index (χ0n) is 12.8. The lowest BCUT2D eigenvalue weighted by molar-refractivity contribution is -0.140. The van der Waals surface area contributed by atoms with E-state index in [1.165, 1.54) is 4.57 Å². The minimum atomic E-state index is -4.22. The molecular formula is C16H19F3IN3. The van der Waals surface area contributed by atoms with Crippen molar-refractivity contribution in [2.45, 2.75) is 32.1 Å². The van der Waals surface area contributed by atoms with Crippen LogP contribution in [-0.4, -0.2) is 29.9 Å². The van der Waals surface area contributed by atoms with Gasteiger partial charge in [-0.05, 0) is 66.2 Å². The molecule has 1 fully saturated rings. The van der Waals surface area contributed by atoms with Crippen LogP contribution in [0.25, 0.3) is 10.9 Å². The molecule has 2 aromatic rings. The van der Waals surface area contributed by atoms with Gasteiger partial charge < -0.3 is 15.2 Å². The summed E-state index contributed by atoms with van der Waals surface area (Å²) in [6.45, 7) is 3.15. The van der Waals surface area contributed by atoms with E-state index in [4.69, 9.17) is 0 Å². The Balaban J connectivity index is 1.94. The number of nitrogens with zero attached hydrogens (tertiary/aromatic N) is 1. The second kappa shape index (κ2) is 6.51. The van der Waals surface area contributed by atoms with Gasteiger partial charge in [-0.15, -0.1) is 0 Å². The van der Waals surface area contributed by atoms with Crippen molar-refractivity contribution in [2.24, 2.45) is 5.92 Å². The molecule has 0 radical (unpaired) electrons. The van der Waals surface area contributed by atoms with Gasteiger partial charge in [0, 0.05) is 17.1 Å². The summed E-state index contributed by atoms with van der Waals surface area (Å²) in [6, 6.07) is 7.69. The summed E-state index contributed by atoms with van der Waals surface area (Å²) < 4.78 is 40.3. The van der Waals surface area contributed by atoms with Gasteiger partial charge in [0.25, 0.3) is 0 Å². The highest BCUT2D eigenvalue weighted by molar-refractivity contribution is 14.1. The number of benzene rings is 1. The molecule has 23 heavy (non-hydrogen) atoms. The molecule has 0 bridgehead atoms. The van der Waals surface area contributed by atoms with Gasteiger partial charge in [0.1, 0.15) is 6.54 Å². The lowest BCUT2D eigenvalue weighted by Crippen LogP contribution is -2.42. The van der Waals surface area contributed by atoms with Gasteiger partial charge in [0.05, 0.1) is 9.22 Å². The molecule has 3 rings (SSSR count). The summed E-state index contributed by atoms with van der Waals surface area (Å²) in [4.78, 5) is 0. The molecule has 0 amide bonds. The van der Waals surface area contributed by atoms with Crippen LogP contribution in [0.1, 0.15) is 13.3 Å². The molecule has 1 aromatic carbocycles. The minimum absolute atomic E-state index is 0.338. The second-order valence-corrected chi connectivity index (χ2v) is 7.23. The number of piperidine rings is 1. The van der Waals surface area contributed by atoms with E-state index in [1.807, 2.05) is 40.8 Å². The Kier molecular flexibility index (Phi) is 4.78. The summed E-state index contributed by atoms with van der Waals surface area (Å²) >= 11 is 1.97. The molecule has 0 saturated carbocycles. The third-order valence-electron chi connectivity index (χ3n) is 4.36. The van der Waals surface area contributed by atoms with Crippen LogP contribution < -0.4 is 10.6 Å². The number of alkyl halides is 3. The number of hydrogen-bond acceptors (Lipinski definition) is 2. The number of rotatable bonds is 3. The second-order valence-electron chi connectivity index (χ2n) is 6.13. The Hall–Kier alpha value is -0.960. The molecule has 1 aliphatic rings. The Bertz CT molecular complexity index is 696. The molecule has 0 spiro atoms. The standard InChI is InChI=1S/C16H19F3IN3/c1-10-8-21-6-5-12(10)22-13-3-2-4-14-11(13)7-15(20)23(14)9-16(17,18)19/h2-4,7,10,12,21-22H,5-6,8-9H2,1H3. The van der Waals surface area contributed by atoms with E-state index in [2.05, 4.69) is 17.6 Å². The Labute approximate surface area is 146 Å². The van der Waals surface area contributed by atoms with E-state index < -0.39 is 12.7 Å². The first-order chi connectivity index (χ1) is 10.8. The molecule has 2 heterocycles. The third-order valence-corrected chi connectivity index (χ3v) is 5.25. The van der Waals surface area contributed by atoms with Crippen LogP contribution in [0.3, 0.4) is 0 Å². The first-order valence-corrected chi connectivity index (χ1v) is 8.75. The quantitative estimate of drug-likeness (QED) is 0.705. The Morgan fingerprint density at radius 1 is 1.39 bits per heavy atom. The predicted molar refractivity (Wildman–Crippen MR) is 94.8 cm³/mol. The van der Waals surface area contributed by atoms with Gasteiger partial charge in [0.2, 0.25) is 0 Å². The molecule has 126 valence electrons. The minimum Gasteiger partial charge on any atom is -0.381 e.